The highest BCUT2D eigenvalue weighted by Gasteiger charge is 2.27. The van der Waals surface area contributed by atoms with Crippen LogP contribution in [0.25, 0.3) is 0 Å². The lowest BCUT2D eigenvalue weighted by molar-refractivity contribution is 0.489. The van der Waals surface area contributed by atoms with E-state index in [0.717, 1.165) is 12.3 Å². The van der Waals surface area contributed by atoms with Crippen LogP contribution < -0.4 is 5.73 Å². The Morgan fingerprint density at radius 2 is 2.00 bits per heavy atom. The number of hydrogen-bond donors (Lipinski definition) is 1. The molecule has 64 valence electrons. The molecule has 0 aliphatic heterocycles. The summed E-state index contributed by atoms with van der Waals surface area (Å²) in [6, 6.07) is 0. The van der Waals surface area contributed by atoms with Crippen molar-refractivity contribution in [3.8, 4) is 0 Å². The lowest BCUT2D eigenvalue weighted by Crippen LogP contribution is -2.22. The molecule has 0 aromatic rings. The van der Waals surface area contributed by atoms with Crippen LogP contribution in [0.15, 0.2) is 4.99 Å². The largest absolute Gasteiger partial charge is 0.387 e. The Morgan fingerprint density at radius 1 is 1.45 bits per heavy atom. The Morgan fingerprint density at radius 3 is 2.45 bits per heavy atom. The van der Waals surface area contributed by atoms with Crippen molar-refractivity contribution in [1.82, 2.24) is 0 Å². The lowest BCUT2D eigenvalue weighted by Gasteiger charge is -2.18. The van der Waals surface area contributed by atoms with E-state index in [0.29, 0.717) is 0 Å². The van der Waals surface area contributed by atoms with E-state index in [4.69, 9.17) is 5.73 Å². The van der Waals surface area contributed by atoms with Gasteiger partial charge in [0.05, 0.1) is 11.4 Å². The Bertz CT molecular complexity index is 155. The van der Waals surface area contributed by atoms with Gasteiger partial charge in [0.1, 0.15) is 0 Å². The second kappa shape index (κ2) is 3.24. The molecule has 1 rings (SSSR count). The van der Waals surface area contributed by atoms with Crippen LogP contribution in [0, 0.1) is 0 Å². The zero-order chi connectivity index (χ0) is 8.32. The van der Waals surface area contributed by atoms with Gasteiger partial charge in [0, 0.05) is 6.42 Å². The highest BCUT2D eigenvalue weighted by Crippen LogP contribution is 2.32. The molecule has 1 aliphatic rings. The number of hydrogen-bond acceptors (Lipinski definition) is 1. The van der Waals surface area contributed by atoms with Crippen LogP contribution in [0.2, 0.25) is 0 Å². The molecule has 11 heavy (non-hydrogen) atoms. The number of nitrogens with zero attached hydrogens (tertiary/aromatic N) is 1. The summed E-state index contributed by atoms with van der Waals surface area (Å²) in [5.41, 5.74) is 5.87. The molecule has 0 aromatic heterocycles. The summed E-state index contributed by atoms with van der Waals surface area (Å²) in [5.74, 6) is 0.814. The fourth-order valence-electron chi connectivity index (χ4n) is 1.67. The molecular formula is C9H18N2. The third kappa shape index (κ3) is 2.21. The maximum absolute atomic E-state index is 5.69. The van der Waals surface area contributed by atoms with Gasteiger partial charge < -0.3 is 5.73 Å². The minimum atomic E-state index is 0.181. The van der Waals surface area contributed by atoms with Gasteiger partial charge in [-0.2, -0.15) is 0 Å². The predicted octanol–water partition coefficient (Wildman–Crippen LogP) is 2.09. The number of amidine groups is 1. The summed E-state index contributed by atoms with van der Waals surface area (Å²) in [5, 5.41) is 0. The van der Waals surface area contributed by atoms with Gasteiger partial charge in [0.15, 0.2) is 0 Å². The molecule has 0 bridgehead atoms. The summed E-state index contributed by atoms with van der Waals surface area (Å²) in [7, 11) is 0. The van der Waals surface area contributed by atoms with E-state index in [9.17, 15) is 0 Å². The Labute approximate surface area is 68.9 Å². The topological polar surface area (TPSA) is 38.4 Å². The quantitative estimate of drug-likeness (QED) is 0.480. The van der Waals surface area contributed by atoms with Gasteiger partial charge in [-0.15, -0.1) is 0 Å². The Balaban J connectivity index is 2.58. The van der Waals surface area contributed by atoms with Gasteiger partial charge in [-0.25, -0.2) is 0 Å². The average molecular weight is 154 g/mol. The second-order valence-electron chi connectivity index (χ2n) is 3.66. The molecular weight excluding hydrogens is 136 g/mol. The molecule has 0 saturated heterocycles. The molecule has 1 saturated carbocycles. The molecule has 0 unspecified atom stereocenters. The number of rotatable bonds is 2. The molecule has 2 nitrogen and oxygen atoms in total. The zero-order valence-electron chi connectivity index (χ0n) is 7.56. The van der Waals surface area contributed by atoms with Crippen LogP contribution in [0.4, 0.5) is 0 Å². The first-order valence-corrected chi connectivity index (χ1v) is 4.50. The summed E-state index contributed by atoms with van der Waals surface area (Å²) in [4.78, 5) is 4.52. The third-order valence-corrected chi connectivity index (χ3v) is 2.46. The van der Waals surface area contributed by atoms with E-state index in [1.54, 1.807) is 0 Å². The molecule has 1 fully saturated rings. The van der Waals surface area contributed by atoms with Crippen molar-refractivity contribution in [2.45, 2.75) is 51.5 Å². The standard InChI is InChI=1S/C9H18N2/c1-3-8(10)11-9(2)6-4-5-7-9/h3-7H2,1-2H3,(H2,10,11). The maximum Gasteiger partial charge on any atom is 0.0941 e. The molecule has 2 heteroatoms. The van der Waals surface area contributed by atoms with Gasteiger partial charge in [0.2, 0.25) is 0 Å². The monoisotopic (exact) mass is 154 g/mol. The second-order valence-corrected chi connectivity index (χ2v) is 3.66. The van der Waals surface area contributed by atoms with Crippen molar-refractivity contribution in [2.24, 2.45) is 10.7 Å². The zero-order valence-corrected chi connectivity index (χ0v) is 7.56. The van der Waals surface area contributed by atoms with E-state index < -0.39 is 0 Å². The Kier molecular flexibility index (Phi) is 2.53. The highest BCUT2D eigenvalue weighted by atomic mass is 14.9. The SMILES string of the molecule is CCC(N)=NC1(C)CCCC1. The minimum absolute atomic E-state index is 0.181. The van der Waals surface area contributed by atoms with Crippen LogP contribution in [-0.4, -0.2) is 11.4 Å². The van der Waals surface area contributed by atoms with E-state index >= 15 is 0 Å². The van der Waals surface area contributed by atoms with Crippen LogP contribution in [-0.2, 0) is 0 Å². The van der Waals surface area contributed by atoms with Gasteiger partial charge >= 0.3 is 0 Å². The van der Waals surface area contributed by atoms with Gasteiger partial charge in [-0.05, 0) is 19.8 Å². The highest BCUT2D eigenvalue weighted by molar-refractivity contribution is 5.80. The number of nitrogens with two attached hydrogens (primary N) is 1. The van der Waals surface area contributed by atoms with E-state index in [-0.39, 0.29) is 5.54 Å². The molecule has 0 aromatic carbocycles. The van der Waals surface area contributed by atoms with E-state index in [1.165, 1.54) is 25.7 Å². The summed E-state index contributed by atoms with van der Waals surface area (Å²) in [6.45, 7) is 4.26. The fourth-order valence-corrected chi connectivity index (χ4v) is 1.67. The van der Waals surface area contributed by atoms with Crippen LogP contribution >= 0.6 is 0 Å². The smallest absolute Gasteiger partial charge is 0.0941 e. The van der Waals surface area contributed by atoms with Gasteiger partial charge in [0.25, 0.3) is 0 Å². The summed E-state index contributed by atoms with van der Waals surface area (Å²) < 4.78 is 0. The van der Waals surface area contributed by atoms with Crippen LogP contribution in [0.1, 0.15) is 46.0 Å². The molecule has 0 atom stereocenters. The molecule has 0 radical (unpaired) electrons. The average Bonchev–Trinajstić information content (AvgIpc) is 2.36. The normalized spacial score (nSPS) is 24.0. The van der Waals surface area contributed by atoms with Gasteiger partial charge in [-0.3, -0.25) is 4.99 Å². The molecule has 0 heterocycles. The summed E-state index contributed by atoms with van der Waals surface area (Å²) in [6.07, 6.45) is 5.95. The van der Waals surface area contributed by atoms with Crippen LogP contribution in [0.3, 0.4) is 0 Å². The van der Waals surface area contributed by atoms with Gasteiger partial charge in [-0.1, -0.05) is 19.8 Å². The van der Waals surface area contributed by atoms with Crippen molar-refractivity contribution >= 4 is 5.84 Å². The van der Waals surface area contributed by atoms with Crippen molar-refractivity contribution in [1.29, 1.82) is 0 Å². The molecule has 1 aliphatic carbocycles. The first-order chi connectivity index (χ1) is 5.16. The lowest BCUT2D eigenvalue weighted by atomic mass is 10.0. The predicted molar refractivity (Wildman–Crippen MR) is 48.8 cm³/mol. The first kappa shape index (κ1) is 8.57. The summed E-state index contributed by atoms with van der Waals surface area (Å²) >= 11 is 0. The third-order valence-electron chi connectivity index (χ3n) is 2.46. The van der Waals surface area contributed by atoms with E-state index in [2.05, 4.69) is 18.8 Å². The fraction of sp³-hybridized carbons (Fsp3) is 0.889. The molecule has 0 amide bonds. The maximum atomic E-state index is 5.69. The first-order valence-electron chi connectivity index (χ1n) is 4.50. The van der Waals surface area contributed by atoms with Crippen molar-refractivity contribution in [2.75, 3.05) is 0 Å². The number of aliphatic imine (C=N–C) groups is 1. The molecule has 0 spiro atoms. The Hall–Kier alpha value is -0.530. The minimum Gasteiger partial charge on any atom is -0.387 e. The van der Waals surface area contributed by atoms with E-state index in [1.807, 2.05) is 0 Å². The van der Waals surface area contributed by atoms with Crippen molar-refractivity contribution in [3.63, 3.8) is 0 Å². The van der Waals surface area contributed by atoms with Crippen molar-refractivity contribution in [3.05, 3.63) is 0 Å². The molecule has 2 N–H and O–H groups in total. The van der Waals surface area contributed by atoms with Crippen molar-refractivity contribution < 1.29 is 0 Å². The van der Waals surface area contributed by atoms with Crippen LogP contribution in [0.5, 0.6) is 0 Å².